The zero-order chi connectivity index (χ0) is 15.6. The van der Waals surface area contributed by atoms with Crippen LogP contribution in [0.15, 0.2) is 17.3 Å². The molecule has 1 unspecified atom stereocenters. The SMILES string of the molecule is Cc1ccc(CC(C)NC(=O)C2(/C(N)=N/O)CC(C)C2)s1. The summed E-state index contributed by atoms with van der Waals surface area (Å²) in [5.74, 6) is 0.320. The summed E-state index contributed by atoms with van der Waals surface area (Å²) in [6.45, 7) is 6.11. The number of nitrogens with one attached hydrogen (secondary N) is 1. The number of carbonyl (C=O) groups is 1. The smallest absolute Gasteiger partial charge is 0.234 e. The molecule has 1 aromatic rings. The summed E-state index contributed by atoms with van der Waals surface area (Å²) in [5, 5.41) is 15.0. The van der Waals surface area contributed by atoms with Crippen LogP contribution >= 0.6 is 11.3 Å². The van der Waals surface area contributed by atoms with Gasteiger partial charge in [0.25, 0.3) is 0 Å². The third kappa shape index (κ3) is 3.20. The zero-order valence-electron chi connectivity index (χ0n) is 12.7. The van der Waals surface area contributed by atoms with E-state index in [0.717, 1.165) is 6.42 Å². The summed E-state index contributed by atoms with van der Waals surface area (Å²) < 4.78 is 0. The van der Waals surface area contributed by atoms with Crippen LogP contribution < -0.4 is 11.1 Å². The standard InChI is InChI=1S/C15H23N3O2S/c1-9-7-15(8-9,13(16)18-20)14(19)17-10(2)6-12-5-4-11(3)21-12/h4-5,9-10,20H,6-8H2,1-3H3,(H2,16,18)(H,17,19). The van der Waals surface area contributed by atoms with Crippen LogP contribution in [0.2, 0.25) is 0 Å². The molecule has 1 aliphatic carbocycles. The molecule has 6 heteroatoms. The lowest BCUT2D eigenvalue weighted by Crippen LogP contribution is -2.58. The van der Waals surface area contributed by atoms with E-state index in [1.54, 1.807) is 11.3 Å². The molecule has 1 aromatic heterocycles. The van der Waals surface area contributed by atoms with E-state index in [1.165, 1.54) is 9.75 Å². The molecule has 0 aromatic carbocycles. The molecule has 0 aliphatic heterocycles. The van der Waals surface area contributed by atoms with Crippen LogP contribution in [0.25, 0.3) is 0 Å². The molecule has 0 saturated heterocycles. The lowest BCUT2D eigenvalue weighted by molar-refractivity contribution is -0.133. The fraction of sp³-hybridized carbons (Fsp3) is 0.600. The lowest BCUT2D eigenvalue weighted by Gasteiger charge is -2.44. The molecular weight excluding hydrogens is 286 g/mol. The highest BCUT2D eigenvalue weighted by Crippen LogP contribution is 2.46. The van der Waals surface area contributed by atoms with E-state index in [4.69, 9.17) is 10.9 Å². The van der Waals surface area contributed by atoms with Gasteiger partial charge in [-0.3, -0.25) is 4.79 Å². The van der Waals surface area contributed by atoms with Gasteiger partial charge in [0.15, 0.2) is 5.84 Å². The van der Waals surface area contributed by atoms with Crippen LogP contribution in [-0.2, 0) is 11.2 Å². The molecule has 0 radical (unpaired) electrons. The molecule has 116 valence electrons. The predicted molar refractivity (Wildman–Crippen MR) is 84.6 cm³/mol. The van der Waals surface area contributed by atoms with Gasteiger partial charge in [-0.2, -0.15) is 0 Å². The van der Waals surface area contributed by atoms with Crippen molar-refractivity contribution in [2.24, 2.45) is 22.2 Å². The Balaban J connectivity index is 1.99. The van der Waals surface area contributed by atoms with Gasteiger partial charge in [0.1, 0.15) is 5.41 Å². The first-order valence-corrected chi connectivity index (χ1v) is 8.03. The largest absolute Gasteiger partial charge is 0.409 e. The normalized spacial score (nSPS) is 27.0. The molecule has 1 atom stereocenters. The van der Waals surface area contributed by atoms with Crippen molar-refractivity contribution in [1.82, 2.24) is 5.32 Å². The van der Waals surface area contributed by atoms with Gasteiger partial charge in [0.2, 0.25) is 5.91 Å². The number of oxime groups is 1. The Morgan fingerprint density at radius 2 is 2.29 bits per heavy atom. The van der Waals surface area contributed by atoms with E-state index < -0.39 is 5.41 Å². The summed E-state index contributed by atoms with van der Waals surface area (Å²) in [4.78, 5) is 15.0. The molecule has 2 rings (SSSR count). The van der Waals surface area contributed by atoms with Crippen molar-refractivity contribution in [3.63, 3.8) is 0 Å². The molecule has 1 heterocycles. The number of aryl methyl sites for hydroxylation is 1. The monoisotopic (exact) mass is 309 g/mol. The van der Waals surface area contributed by atoms with E-state index in [0.29, 0.717) is 18.8 Å². The zero-order valence-corrected chi connectivity index (χ0v) is 13.5. The highest BCUT2D eigenvalue weighted by Gasteiger charge is 2.52. The Morgan fingerprint density at radius 1 is 1.62 bits per heavy atom. The molecule has 1 amide bonds. The van der Waals surface area contributed by atoms with Crippen LogP contribution in [0.5, 0.6) is 0 Å². The highest BCUT2D eigenvalue weighted by atomic mass is 32.1. The summed E-state index contributed by atoms with van der Waals surface area (Å²) in [5.41, 5.74) is 4.92. The summed E-state index contributed by atoms with van der Waals surface area (Å²) in [6, 6.07) is 4.20. The highest BCUT2D eigenvalue weighted by molar-refractivity contribution is 7.11. The number of amides is 1. The van der Waals surface area contributed by atoms with Crippen molar-refractivity contribution in [2.75, 3.05) is 0 Å². The van der Waals surface area contributed by atoms with Gasteiger partial charge in [0, 0.05) is 22.2 Å². The molecule has 5 nitrogen and oxygen atoms in total. The number of nitrogens with zero attached hydrogens (tertiary/aromatic N) is 1. The van der Waals surface area contributed by atoms with Crippen LogP contribution in [-0.4, -0.2) is 23.0 Å². The Morgan fingerprint density at radius 3 is 2.76 bits per heavy atom. The Bertz CT molecular complexity index is 547. The number of amidine groups is 1. The van der Waals surface area contributed by atoms with Gasteiger partial charge >= 0.3 is 0 Å². The van der Waals surface area contributed by atoms with E-state index in [2.05, 4.69) is 36.5 Å². The van der Waals surface area contributed by atoms with E-state index in [-0.39, 0.29) is 17.8 Å². The Hall–Kier alpha value is -1.56. The minimum absolute atomic E-state index is 0.0230. The first kappa shape index (κ1) is 15.8. The second-order valence-electron chi connectivity index (χ2n) is 6.17. The van der Waals surface area contributed by atoms with E-state index >= 15 is 0 Å². The molecular formula is C15H23N3O2S. The van der Waals surface area contributed by atoms with Crippen LogP contribution in [0, 0.1) is 18.3 Å². The molecule has 1 aliphatic rings. The van der Waals surface area contributed by atoms with Gasteiger partial charge in [-0.05, 0) is 44.7 Å². The van der Waals surface area contributed by atoms with Crippen molar-refractivity contribution in [3.05, 3.63) is 21.9 Å². The Kier molecular flexibility index (Phi) is 4.56. The number of carbonyl (C=O) groups excluding carboxylic acids is 1. The van der Waals surface area contributed by atoms with Crippen molar-refractivity contribution in [1.29, 1.82) is 0 Å². The first-order valence-electron chi connectivity index (χ1n) is 7.21. The number of thiophene rings is 1. The molecule has 1 saturated carbocycles. The van der Waals surface area contributed by atoms with Crippen LogP contribution in [0.3, 0.4) is 0 Å². The van der Waals surface area contributed by atoms with E-state index in [9.17, 15) is 4.79 Å². The van der Waals surface area contributed by atoms with E-state index in [1.807, 2.05) is 6.92 Å². The van der Waals surface area contributed by atoms with Gasteiger partial charge in [-0.15, -0.1) is 11.3 Å². The molecule has 21 heavy (non-hydrogen) atoms. The average molecular weight is 309 g/mol. The second-order valence-corrected chi connectivity index (χ2v) is 7.54. The van der Waals surface area contributed by atoms with Crippen molar-refractivity contribution in [3.8, 4) is 0 Å². The summed E-state index contributed by atoms with van der Waals surface area (Å²) in [6.07, 6.45) is 2.07. The average Bonchev–Trinajstić information content (AvgIpc) is 2.78. The lowest BCUT2D eigenvalue weighted by atomic mass is 9.61. The van der Waals surface area contributed by atoms with Crippen molar-refractivity contribution < 1.29 is 10.0 Å². The third-order valence-electron chi connectivity index (χ3n) is 4.11. The quantitative estimate of drug-likeness (QED) is 0.337. The fourth-order valence-corrected chi connectivity index (χ4v) is 4.07. The number of rotatable bonds is 5. The Labute approximate surface area is 129 Å². The number of nitrogens with two attached hydrogens (primary N) is 1. The summed E-state index contributed by atoms with van der Waals surface area (Å²) >= 11 is 1.74. The molecule has 1 fully saturated rings. The maximum absolute atomic E-state index is 12.5. The maximum Gasteiger partial charge on any atom is 0.234 e. The third-order valence-corrected chi connectivity index (χ3v) is 5.13. The van der Waals surface area contributed by atoms with Gasteiger partial charge < -0.3 is 16.3 Å². The fourth-order valence-electron chi connectivity index (χ4n) is 3.05. The first-order chi connectivity index (χ1) is 9.87. The molecule has 0 bridgehead atoms. The number of hydrogen-bond acceptors (Lipinski definition) is 4. The topological polar surface area (TPSA) is 87.7 Å². The minimum Gasteiger partial charge on any atom is -0.409 e. The van der Waals surface area contributed by atoms with Crippen molar-refractivity contribution >= 4 is 23.1 Å². The van der Waals surface area contributed by atoms with Crippen LogP contribution in [0.1, 0.15) is 36.4 Å². The van der Waals surface area contributed by atoms with Gasteiger partial charge in [-0.1, -0.05) is 12.1 Å². The maximum atomic E-state index is 12.5. The van der Waals surface area contributed by atoms with Gasteiger partial charge in [-0.25, -0.2) is 0 Å². The summed E-state index contributed by atoms with van der Waals surface area (Å²) in [7, 11) is 0. The van der Waals surface area contributed by atoms with Gasteiger partial charge in [0.05, 0.1) is 0 Å². The minimum atomic E-state index is -0.826. The van der Waals surface area contributed by atoms with Crippen LogP contribution in [0.4, 0.5) is 0 Å². The molecule has 4 N–H and O–H groups in total. The second kappa shape index (κ2) is 6.05. The predicted octanol–water partition coefficient (Wildman–Crippen LogP) is 2.27. The molecule has 0 spiro atoms. The van der Waals surface area contributed by atoms with Crippen molar-refractivity contribution in [2.45, 2.75) is 46.1 Å². The number of hydrogen-bond donors (Lipinski definition) is 3.